The van der Waals surface area contributed by atoms with Gasteiger partial charge in [-0.05, 0) is 17.5 Å². The number of rotatable bonds is 8. The number of hydrogen-bond donors (Lipinski definition) is 3. The highest BCUT2D eigenvalue weighted by atomic mass is 16.6. The maximum absolute atomic E-state index is 11.8. The van der Waals surface area contributed by atoms with Gasteiger partial charge in [-0.25, -0.2) is 9.97 Å². The molecule has 0 saturated carbocycles. The standard InChI is InChI=1S/C23H32N6O7/c1-23(2,3)20(14-7-13(34-4)5-6-15(14)29(32)33)35-12-27-11-28(18-8-16(31)17(9-30)36-18)22-19(27)21(24)25-10-26-22/h5-7,10,16-18,20,30-31H,8-9,11-12H2,1-4H3,(H2,24,25,26)/t16?,17-,18-,20-/m1/s1. The summed E-state index contributed by atoms with van der Waals surface area (Å²) in [4.78, 5) is 23.5. The maximum Gasteiger partial charge on any atom is 0.275 e. The Morgan fingerprint density at radius 1 is 1.36 bits per heavy atom. The molecule has 1 aromatic heterocycles. The molecule has 2 aliphatic rings. The molecule has 13 heteroatoms. The van der Waals surface area contributed by atoms with Gasteiger partial charge in [0.15, 0.2) is 11.6 Å². The van der Waals surface area contributed by atoms with E-state index in [1.54, 1.807) is 12.1 Å². The van der Waals surface area contributed by atoms with Crippen LogP contribution >= 0.6 is 0 Å². The van der Waals surface area contributed by atoms with Gasteiger partial charge in [-0.15, -0.1) is 0 Å². The van der Waals surface area contributed by atoms with Crippen molar-refractivity contribution < 1.29 is 29.3 Å². The number of aliphatic hydroxyl groups excluding tert-OH is 2. The molecule has 36 heavy (non-hydrogen) atoms. The molecule has 1 aromatic carbocycles. The number of nitrogen functional groups attached to an aromatic ring is 1. The Hall–Kier alpha value is -3.26. The van der Waals surface area contributed by atoms with Crippen molar-refractivity contribution in [3.63, 3.8) is 0 Å². The molecule has 0 aliphatic carbocycles. The third kappa shape index (κ3) is 4.87. The number of nitro benzene ring substituents is 1. The fourth-order valence-electron chi connectivity index (χ4n) is 4.63. The minimum atomic E-state index is -0.813. The fourth-order valence-corrected chi connectivity index (χ4v) is 4.63. The van der Waals surface area contributed by atoms with E-state index in [1.807, 2.05) is 30.6 Å². The first-order valence-electron chi connectivity index (χ1n) is 11.6. The number of aliphatic hydroxyl groups is 2. The van der Waals surface area contributed by atoms with Gasteiger partial charge in [-0.1, -0.05) is 20.8 Å². The van der Waals surface area contributed by atoms with Crippen LogP contribution in [0.5, 0.6) is 5.75 Å². The molecule has 2 aliphatic heterocycles. The molecule has 2 aromatic rings. The summed E-state index contributed by atoms with van der Waals surface area (Å²) in [5, 5.41) is 31.5. The first-order chi connectivity index (χ1) is 17.0. The average molecular weight is 505 g/mol. The lowest BCUT2D eigenvalue weighted by Gasteiger charge is -2.33. The second-order valence-electron chi connectivity index (χ2n) is 9.92. The number of ether oxygens (including phenoxy) is 3. The molecular weight excluding hydrogens is 472 g/mol. The monoisotopic (exact) mass is 504 g/mol. The third-order valence-corrected chi connectivity index (χ3v) is 6.37. The summed E-state index contributed by atoms with van der Waals surface area (Å²) in [6.07, 6.45) is -1.08. The highest BCUT2D eigenvalue weighted by Crippen LogP contribution is 2.44. The van der Waals surface area contributed by atoms with E-state index >= 15 is 0 Å². The summed E-state index contributed by atoms with van der Waals surface area (Å²) in [5.74, 6) is 1.24. The van der Waals surface area contributed by atoms with Gasteiger partial charge in [-0.2, -0.15) is 0 Å². The second kappa shape index (κ2) is 10.0. The number of nitrogens with two attached hydrogens (primary N) is 1. The normalized spacial score (nSPS) is 22.6. The van der Waals surface area contributed by atoms with E-state index in [-0.39, 0.29) is 37.9 Å². The number of benzene rings is 1. The van der Waals surface area contributed by atoms with Crippen LogP contribution in [-0.2, 0) is 9.47 Å². The highest BCUT2D eigenvalue weighted by Gasteiger charge is 2.43. The van der Waals surface area contributed by atoms with Crippen LogP contribution in [-0.4, -0.2) is 70.7 Å². The molecule has 1 fully saturated rings. The number of nitro groups is 1. The summed E-state index contributed by atoms with van der Waals surface area (Å²) >= 11 is 0. The topological polar surface area (TPSA) is 170 Å². The molecule has 0 spiro atoms. The summed E-state index contributed by atoms with van der Waals surface area (Å²) in [6, 6.07) is 4.58. The van der Waals surface area contributed by atoms with E-state index in [0.29, 0.717) is 22.8 Å². The van der Waals surface area contributed by atoms with Gasteiger partial charge < -0.3 is 40.0 Å². The number of aromatic nitrogens is 2. The van der Waals surface area contributed by atoms with Crippen molar-refractivity contribution >= 4 is 23.0 Å². The SMILES string of the molecule is COc1ccc([N+](=O)[O-])c([C@@H](OCN2CN([C@H]3CC(O)[C@@H](CO)O3)c3ncnc(N)c32)C(C)(C)C)c1. The molecule has 0 radical (unpaired) electrons. The van der Waals surface area contributed by atoms with Crippen LogP contribution in [0.3, 0.4) is 0 Å². The maximum atomic E-state index is 11.8. The lowest BCUT2D eigenvalue weighted by atomic mass is 9.84. The molecule has 1 unspecified atom stereocenters. The highest BCUT2D eigenvalue weighted by molar-refractivity contribution is 5.81. The van der Waals surface area contributed by atoms with E-state index in [2.05, 4.69) is 9.97 Å². The Bertz CT molecular complexity index is 1110. The number of nitrogens with zero attached hydrogens (tertiary/aromatic N) is 5. The van der Waals surface area contributed by atoms with Gasteiger partial charge in [0.2, 0.25) is 0 Å². The van der Waals surface area contributed by atoms with Crippen molar-refractivity contribution in [2.75, 3.05) is 42.6 Å². The Labute approximate surface area is 208 Å². The van der Waals surface area contributed by atoms with Crippen molar-refractivity contribution in [2.24, 2.45) is 5.41 Å². The van der Waals surface area contributed by atoms with Crippen LogP contribution < -0.4 is 20.3 Å². The van der Waals surface area contributed by atoms with E-state index in [9.17, 15) is 20.3 Å². The van der Waals surface area contributed by atoms with E-state index in [4.69, 9.17) is 19.9 Å². The quantitative estimate of drug-likeness (QED) is 0.352. The number of anilines is 3. The van der Waals surface area contributed by atoms with Crippen LogP contribution in [0, 0.1) is 15.5 Å². The van der Waals surface area contributed by atoms with Crippen LogP contribution in [0.4, 0.5) is 23.0 Å². The van der Waals surface area contributed by atoms with Crippen LogP contribution in [0.15, 0.2) is 24.5 Å². The summed E-state index contributed by atoms with van der Waals surface area (Å²) in [6.45, 7) is 5.80. The van der Waals surface area contributed by atoms with Crippen LogP contribution in [0.25, 0.3) is 0 Å². The average Bonchev–Trinajstić information content (AvgIpc) is 3.38. The predicted molar refractivity (Wildman–Crippen MR) is 130 cm³/mol. The largest absolute Gasteiger partial charge is 0.497 e. The van der Waals surface area contributed by atoms with E-state index < -0.39 is 34.9 Å². The number of fused-ring (bicyclic) bond motifs is 1. The van der Waals surface area contributed by atoms with Crippen molar-refractivity contribution in [1.29, 1.82) is 0 Å². The molecule has 13 nitrogen and oxygen atoms in total. The van der Waals surface area contributed by atoms with Gasteiger partial charge in [0, 0.05) is 12.5 Å². The zero-order valence-electron chi connectivity index (χ0n) is 20.7. The smallest absolute Gasteiger partial charge is 0.275 e. The van der Waals surface area contributed by atoms with Crippen LogP contribution in [0.2, 0.25) is 0 Å². The zero-order chi connectivity index (χ0) is 26.2. The van der Waals surface area contributed by atoms with Gasteiger partial charge >= 0.3 is 0 Å². The summed E-state index contributed by atoms with van der Waals surface area (Å²) < 4.78 is 17.5. The summed E-state index contributed by atoms with van der Waals surface area (Å²) in [5.41, 5.74) is 6.56. The number of hydrogen-bond acceptors (Lipinski definition) is 12. The molecule has 196 valence electrons. The third-order valence-electron chi connectivity index (χ3n) is 6.37. The molecule has 4 N–H and O–H groups in total. The molecular formula is C23H32N6O7. The Balaban J connectivity index is 1.62. The first-order valence-corrected chi connectivity index (χ1v) is 11.6. The van der Waals surface area contributed by atoms with Crippen molar-refractivity contribution in [2.45, 2.75) is 51.7 Å². The van der Waals surface area contributed by atoms with E-state index in [0.717, 1.165) is 0 Å². The Morgan fingerprint density at radius 3 is 2.72 bits per heavy atom. The van der Waals surface area contributed by atoms with Gasteiger partial charge in [-0.3, -0.25) is 10.1 Å². The summed E-state index contributed by atoms with van der Waals surface area (Å²) in [7, 11) is 1.50. The lowest BCUT2D eigenvalue weighted by molar-refractivity contribution is -0.386. The molecule has 3 heterocycles. The molecule has 4 rings (SSSR count). The molecule has 4 atom stereocenters. The first kappa shape index (κ1) is 25.8. The Morgan fingerprint density at radius 2 is 2.11 bits per heavy atom. The van der Waals surface area contributed by atoms with Crippen molar-refractivity contribution in [3.05, 3.63) is 40.2 Å². The minimum Gasteiger partial charge on any atom is -0.497 e. The molecule has 0 bridgehead atoms. The minimum absolute atomic E-state index is 0.0239. The zero-order valence-corrected chi connectivity index (χ0v) is 20.7. The second-order valence-corrected chi connectivity index (χ2v) is 9.92. The van der Waals surface area contributed by atoms with Gasteiger partial charge in [0.1, 0.15) is 36.8 Å². The van der Waals surface area contributed by atoms with Gasteiger partial charge in [0.25, 0.3) is 5.69 Å². The molecule has 1 saturated heterocycles. The van der Waals surface area contributed by atoms with Crippen molar-refractivity contribution in [3.8, 4) is 5.75 Å². The lowest BCUT2D eigenvalue weighted by Crippen LogP contribution is -2.40. The fraction of sp³-hybridized carbons (Fsp3) is 0.565. The molecule has 0 amide bonds. The van der Waals surface area contributed by atoms with E-state index in [1.165, 1.54) is 19.5 Å². The van der Waals surface area contributed by atoms with Crippen molar-refractivity contribution in [1.82, 2.24) is 9.97 Å². The van der Waals surface area contributed by atoms with Crippen LogP contribution in [0.1, 0.15) is 38.9 Å². The van der Waals surface area contributed by atoms with Gasteiger partial charge in [0.05, 0.1) is 43.1 Å². The predicted octanol–water partition coefficient (Wildman–Crippen LogP) is 1.79. The number of methoxy groups -OCH3 is 1. The Kier molecular flexibility index (Phi) is 7.18.